The van der Waals surface area contributed by atoms with Gasteiger partial charge in [-0.15, -0.1) is 11.8 Å². The van der Waals surface area contributed by atoms with Crippen LogP contribution in [-0.4, -0.2) is 24.4 Å². The molecular weight excluding hydrogens is 276 g/mol. The van der Waals surface area contributed by atoms with Crippen LogP contribution in [0, 0.1) is 6.92 Å². The molecule has 2 aromatic rings. The lowest BCUT2D eigenvalue weighted by Crippen LogP contribution is -2.37. The van der Waals surface area contributed by atoms with E-state index < -0.39 is 0 Å². The summed E-state index contributed by atoms with van der Waals surface area (Å²) in [4.78, 5) is 33.0. The van der Waals surface area contributed by atoms with E-state index in [0.29, 0.717) is 27.1 Å². The third kappa shape index (κ3) is 2.37. The van der Waals surface area contributed by atoms with Crippen LogP contribution in [0.5, 0.6) is 0 Å². The monoisotopic (exact) mass is 294 g/mol. The number of hydrogen-bond donors (Lipinski definition) is 0. The first-order chi connectivity index (χ1) is 9.36. The summed E-state index contributed by atoms with van der Waals surface area (Å²) in [5, 5.41) is 1.41. The standard InChI is InChI=1S/C13H18N4O2S/c1-6-7(2)20-11-9-10(14-8(3)15-11)16(4)13(19)17(5)12(9)18/h7H,6H2,1-5H3/t7-/m0/s1. The second kappa shape index (κ2) is 5.40. The molecule has 20 heavy (non-hydrogen) atoms. The Bertz CT molecular complexity index is 779. The number of aryl methyl sites for hydroxylation is 2. The van der Waals surface area contributed by atoms with Crippen LogP contribution in [0.2, 0.25) is 0 Å². The van der Waals surface area contributed by atoms with Crippen LogP contribution in [0.1, 0.15) is 26.1 Å². The number of thioether (sulfide) groups is 1. The van der Waals surface area contributed by atoms with Gasteiger partial charge in [-0.3, -0.25) is 13.9 Å². The summed E-state index contributed by atoms with van der Waals surface area (Å²) in [6, 6.07) is 0. The second-order valence-electron chi connectivity index (χ2n) is 4.82. The molecule has 7 heteroatoms. The topological polar surface area (TPSA) is 69.8 Å². The second-order valence-corrected chi connectivity index (χ2v) is 6.24. The zero-order chi connectivity index (χ0) is 15.0. The summed E-state index contributed by atoms with van der Waals surface area (Å²) in [7, 11) is 3.09. The predicted octanol–water partition coefficient (Wildman–Crippen LogP) is 1.23. The van der Waals surface area contributed by atoms with E-state index in [1.54, 1.807) is 25.7 Å². The Hall–Kier alpha value is -1.63. The maximum absolute atomic E-state index is 12.4. The predicted molar refractivity (Wildman–Crippen MR) is 80.4 cm³/mol. The van der Waals surface area contributed by atoms with Crippen molar-refractivity contribution >= 4 is 22.8 Å². The molecule has 0 radical (unpaired) electrons. The van der Waals surface area contributed by atoms with Gasteiger partial charge >= 0.3 is 5.69 Å². The summed E-state index contributed by atoms with van der Waals surface area (Å²) in [6.07, 6.45) is 0.974. The average molecular weight is 294 g/mol. The third-order valence-electron chi connectivity index (χ3n) is 3.27. The van der Waals surface area contributed by atoms with Gasteiger partial charge in [0.25, 0.3) is 5.56 Å². The molecule has 2 rings (SSSR count). The van der Waals surface area contributed by atoms with Gasteiger partial charge in [0.15, 0.2) is 5.65 Å². The molecule has 0 saturated carbocycles. The molecule has 0 saturated heterocycles. The normalized spacial score (nSPS) is 12.8. The Balaban J connectivity index is 2.89. The van der Waals surface area contributed by atoms with Gasteiger partial charge < -0.3 is 0 Å². The van der Waals surface area contributed by atoms with E-state index in [4.69, 9.17) is 0 Å². The smallest absolute Gasteiger partial charge is 0.280 e. The van der Waals surface area contributed by atoms with Crippen LogP contribution in [0.3, 0.4) is 0 Å². The lowest BCUT2D eigenvalue weighted by Gasteiger charge is -2.12. The molecule has 1 atom stereocenters. The van der Waals surface area contributed by atoms with E-state index in [0.717, 1.165) is 11.0 Å². The lowest BCUT2D eigenvalue weighted by molar-refractivity contribution is 0.700. The molecular formula is C13H18N4O2S. The van der Waals surface area contributed by atoms with Crippen molar-refractivity contribution in [3.63, 3.8) is 0 Å². The van der Waals surface area contributed by atoms with E-state index >= 15 is 0 Å². The van der Waals surface area contributed by atoms with E-state index in [2.05, 4.69) is 23.8 Å². The van der Waals surface area contributed by atoms with Gasteiger partial charge in [0.2, 0.25) is 0 Å². The highest BCUT2D eigenvalue weighted by Crippen LogP contribution is 2.27. The summed E-state index contributed by atoms with van der Waals surface area (Å²) in [6.45, 7) is 5.93. The molecule has 0 spiro atoms. The highest BCUT2D eigenvalue weighted by Gasteiger charge is 2.17. The van der Waals surface area contributed by atoms with Crippen molar-refractivity contribution < 1.29 is 0 Å². The zero-order valence-corrected chi connectivity index (χ0v) is 13.1. The molecule has 6 nitrogen and oxygen atoms in total. The molecule has 0 fully saturated rings. The Kier molecular flexibility index (Phi) is 3.99. The largest absolute Gasteiger partial charge is 0.332 e. The number of nitrogens with zero attached hydrogens (tertiary/aromatic N) is 4. The van der Waals surface area contributed by atoms with Crippen molar-refractivity contribution in [2.45, 2.75) is 37.5 Å². The molecule has 0 aliphatic carbocycles. The molecule has 0 amide bonds. The molecule has 0 bridgehead atoms. The first kappa shape index (κ1) is 14.8. The lowest BCUT2D eigenvalue weighted by atomic mass is 10.4. The first-order valence-electron chi connectivity index (χ1n) is 6.47. The maximum Gasteiger partial charge on any atom is 0.332 e. The van der Waals surface area contributed by atoms with Gasteiger partial charge in [0, 0.05) is 19.3 Å². The van der Waals surface area contributed by atoms with Crippen LogP contribution in [0.25, 0.3) is 11.0 Å². The Morgan fingerprint density at radius 1 is 1.20 bits per heavy atom. The van der Waals surface area contributed by atoms with Gasteiger partial charge in [-0.05, 0) is 13.3 Å². The molecule has 0 aliphatic rings. The fourth-order valence-corrected chi connectivity index (χ4v) is 2.92. The molecule has 0 N–H and O–H groups in total. The zero-order valence-electron chi connectivity index (χ0n) is 12.3. The summed E-state index contributed by atoms with van der Waals surface area (Å²) < 4.78 is 2.49. The van der Waals surface area contributed by atoms with Crippen LogP contribution < -0.4 is 11.2 Å². The fourth-order valence-electron chi connectivity index (χ4n) is 1.89. The highest BCUT2D eigenvalue weighted by molar-refractivity contribution is 8.00. The number of aromatic nitrogens is 4. The van der Waals surface area contributed by atoms with Crippen molar-refractivity contribution in [1.29, 1.82) is 0 Å². The van der Waals surface area contributed by atoms with Crippen LogP contribution in [0.15, 0.2) is 14.6 Å². The van der Waals surface area contributed by atoms with Crippen LogP contribution >= 0.6 is 11.8 Å². The summed E-state index contributed by atoms with van der Waals surface area (Å²) >= 11 is 1.54. The third-order valence-corrected chi connectivity index (χ3v) is 4.52. The average Bonchev–Trinajstić information content (AvgIpc) is 2.42. The minimum Gasteiger partial charge on any atom is -0.280 e. The number of hydrogen-bond acceptors (Lipinski definition) is 5. The van der Waals surface area contributed by atoms with E-state index in [-0.39, 0.29) is 11.2 Å². The number of rotatable bonds is 3. The highest BCUT2D eigenvalue weighted by atomic mass is 32.2. The van der Waals surface area contributed by atoms with E-state index in [9.17, 15) is 9.59 Å². The van der Waals surface area contributed by atoms with Gasteiger partial charge in [-0.2, -0.15) is 0 Å². The van der Waals surface area contributed by atoms with Crippen molar-refractivity contribution in [1.82, 2.24) is 19.1 Å². The molecule has 0 unspecified atom stereocenters. The van der Waals surface area contributed by atoms with Crippen molar-refractivity contribution in [3.05, 3.63) is 26.7 Å². The van der Waals surface area contributed by atoms with Crippen LogP contribution in [0.4, 0.5) is 0 Å². The molecule has 2 aromatic heterocycles. The van der Waals surface area contributed by atoms with Crippen molar-refractivity contribution in [3.8, 4) is 0 Å². The molecule has 108 valence electrons. The summed E-state index contributed by atoms with van der Waals surface area (Å²) in [5.74, 6) is 0.562. The molecule has 0 aromatic carbocycles. The first-order valence-corrected chi connectivity index (χ1v) is 7.35. The minimum atomic E-state index is -0.375. The Morgan fingerprint density at radius 2 is 1.85 bits per heavy atom. The molecule has 2 heterocycles. The quantitative estimate of drug-likeness (QED) is 0.629. The van der Waals surface area contributed by atoms with E-state index in [1.165, 1.54) is 11.6 Å². The van der Waals surface area contributed by atoms with Gasteiger partial charge in [0.1, 0.15) is 16.2 Å². The fraction of sp³-hybridized carbons (Fsp3) is 0.538. The van der Waals surface area contributed by atoms with Crippen molar-refractivity contribution in [2.75, 3.05) is 0 Å². The Morgan fingerprint density at radius 3 is 2.45 bits per heavy atom. The van der Waals surface area contributed by atoms with Gasteiger partial charge in [-0.25, -0.2) is 14.8 Å². The van der Waals surface area contributed by atoms with Gasteiger partial charge in [0.05, 0.1) is 0 Å². The Labute approximate surface area is 120 Å². The van der Waals surface area contributed by atoms with Crippen LogP contribution in [-0.2, 0) is 14.1 Å². The van der Waals surface area contributed by atoms with E-state index in [1.807, 2.05) is 0 Å². The van der Waals surface area contributed by atoms with Crippen molar-refractivity contribution in [2.24, 2.45) is 14.1 Å². The molecule has 0 aliphatic heterocycles. The number of fused-ring (bicyclic) bond motifs is 1. The minimum absolute atomic E-state index is 0.339. The maximum atomic E-state index is 12.4. The van der Waals surface area contributed by atoms with Gasteiger partial charge in [-0.1, -0.05) is 13.8 Å². The summed E-state index contributed by atoms with van der Waals surface area (Å²) in [5.41, 5.74) is -0.314. The SMILES string of the molecule is CC[C@H](C)Sc1nc(C)nc2c1c(=O)n(C)c(=O)n2C.